The zero-order valence-corrected chi connectivity index (χ0v) is 20.6. The zero-order valence-electron chi connectivity index (χ0n) is 20.6. The molecule has 4 N–H and O–H groups in total. The van der Waals surface area contributed by atoms with Crippen molar-refractivity contribution in [1.29, 1.82) is 0 Å². The first kappa shape index (κ1) is 25.9. The van der Waals surface area contributed by atoms with Gasteiger partial charge in [0.2, 0.25) is 0 Å². The molecule has 1 saturated heterocycles. The van der Waals surface area contributed by atoms with Crippen molar-refractivity contribution < 1.29 is 0 Å². The molecule has 0 aromatic carbocycles. The Bertz CT molecular complexity index is 412. The van der Waals surface area contributed by atoms with Gasteiger partial charge in [0.05, 0.1) is 0 Å². The molecule has 0 aromatic heterocycles. The van der Waals surface area contributed by atoms with Gasteiger partial charge in [0.25, 0.3) is 0 Å². The predicted molar refractivity (Wildman–Crippen MR) is 125 cm³/mol. The maximum Gasteiger partial charge on any atom is 0.0144 e. The standard InChI is InChI=1S/C24H52N4/c1-19(2)27-22(4,5)16-20(3)25-14-12-10-11-13-15-26-21-17-23(6,7)28-24(8,9)18-21/h19-21,25-28H,10-18H2,1-9H3. The molecule has 4 nitrogen and oxygen atoms in total. The second-order valence-electron chi connectivity index (χ2n) is 11.6. The first-order valence-electron chi connectivity index (χ1n) is 11.8. The Morgan fingerprint density at radius 2 is 1.43 bits per heavy atom. The van der Waals surface area contributed by atoms with Crippen molar-refractivity contribution >= 4 is 0 Å². The average Bonchev–Trinajstić information content (AvgIpc) is 2.44. The number of nitrogens with one attached hydrogen (secondary N) is 4. The highest BCUT2D eigenvalue weighted by atomic mass is 15.1. The van der Waals surface area contributed by atoms with E-state index in [2.05, 4.69) is 83.6 Å². The molecule has 1 aliphatic heterocycles. The third kappa shape index (κ3) is 11.7. The van der Waals surface area contributed by atoms with Crippen LogP contribution in [0.25, 0.3) is 0 Å². The molecule has 1 rings (SSSR count). The van der Waals surface area contributed by atoms with Crippen LogP contribution < -0.4 is 21.3 Å². The number of unbranched alkanes of at least 4 members (excludes halogenated alkanes) is 3. The maximum atomic E-state index is 3.82. The molecule has 0 bridgehead atoms. The summed E-state index contributed by atoms with van der Waals surface area (Å²) in [5, 5.41) is 15.0. The van der Waals surface area contributed by atoms with Crippen LogP contribution in [0.4, 0.5) is 0 Å². The van der Waals surface area contributed by atoms with E-state index in [9.17, 15) is 0 Å². The summed E-state index contributed by atoms with van der Waals surface area (Å²) in [6.45, 7) is 23.0. The second-order valence-corrected chi connectivity index (χ2v) is 11.6. The Labute approximate surface area is 176 Å². The summed E-state index contributed by atoms with van der Waals surface area (Å²) in [5.41, 5.74) is 0.673. The van der Waals surface area contributed by atoms with Crippen LogP contribution in [0.1, 0.15) is 107 Å². The van der Waals surface area contributed by atoms with Crippen LogP contribution in [0.5, 0.6) is 0 Å². The molecule has 0 saturated carbocycles. The fourth-order valence-electron chi connectivity index (χ4n) is 5.40. The molecule has 4 heteroatoms. The summed E-state index contributed by atoms with van der Waals surface area (Å²) < 4.78 is 0. The lowest BCUT2D eigenvalue weighted by Gasteiger charge is -2.46. The minimum Gasteiger partial charge on any atom is -0.314 e. The van der Waals surface area contributed by atoms with Crippen molar-refractivity contribution in [2.24, 2.45) is 0 Å². The van der Waals surface area contributed by atoms with Gasteiger partial charge in [-0.2, -0.15) is 0 Å². The van der Waals surface area contributed by atoms with E-state index >= 15 is 0 Å². The molecule has 1 atom stereocenters. The molecule has 0 spiro atoms. The molecule has 1 unspecified atom stereocenters. The molecule has 1 fully saturated rings. The third-order valence-corrected chi connectivity index (χ3v) is 5.72. The Morgan fingerprint density at radius 1 is 0.893 bits per heavy atom. The lowest BCUT2D eigenvalue weighted by Crippen LogP contribution is -2.61. The van der Waals surface area contributed by atoms with E-state index in [0.29, 0.717) is 18.1 Å². The average molecular weight is 397 g/mol. The number of rotatable bonds is 13. The summed E-state index contributed by atoms with van der Waals surface area (Å²) in [6, 6.07) is 1.75. The van der Waals surface area contributed by atoms with Gasteiger partial charge in [0.15, 0.2) is 0 Å². The first-order valence-corrected chi connectivity index (χ1v) is 11.8. The molecule has 1 heterocycles. The van der Waals surface area contributed by atoms with E-state index in [-0.39, 0.29) is 16.6 Å². The lowest BCUT2D eigenvalue weighted by molar-refractivity contribution is 0.146. The smallest absolute Gasteiger partial charge is 0.0144 e. The molecule has 0 aromatic rings. The van der Waals surface area contributed by atoms with Crippen molar-refractivity contribution in [3.05, 3.63) is 0 Å². The van der Waals surface area contributed by atoms with Crippen LogP contribution in [-0.4, -0.2) is 47.8 Å². The Morgan fingerprint density at radius 3 is 1.96 bits per heavy atom. The van der Waals surface area contributed by atoms with E-state index in [1.807, 2.05) is 0 Å². The monoisotopic (exact) mass is 396 g/mol. The molecule has 168 valence electrons. The minimum absolute atomic E-state index is 0.198. The Hall–Kier alpha value is -0.160. The van der Waals surface area contributed by atoms with Crippen molar-refractivity contribution in [2.75, 3.05) is 13.1 Å². The second kappa shape index (κ2) is 11.3. The van der Waals surface area contributed by atoms with Gasteiger partial charge in [-0.1, -0.05) is 26.7 Å². The number of hydrogen-bond acceptors (Lipinski definition) is 4. The third-order valence-electron chi connectivity index (χ3n) is 5.72. The Kier molecular flexibility index (Phi) is 10.4. The van der Waals surface area contributed by atoms with Crippen LogP contribution in [0.2, 0.25) is 0 Å². The molecule has 0 aliphatic carbocycles. The van der Waals surface area contributed by atoms with Gasteiger partial charge in [0, 0.05) is 34.7 Å². The molecule has 0 amide bonds. The van der Waals surface area contributed by atoms with Crippen molar-refractivity contribution in [1.82, 2.24) is 21.3 Å². The highest BCUT2D eigenvalue weighted by molar-refractivity contribution is 4.99. The predicted octanol–water partition coefficient (Wildman–Crippen LogP) is 4.59. The van der Waals surface area contributed by atoms with Gasteiger partial charge in [-0.05, 0) is 93.7 Å². The highest BCUT2D eigenvalue weighted by Crippen LogP contribution is 2.28. The van der Waals surface area contributed by atoms with Crippen LogP contribution >= 0.6 is 0 Å². The maximum absolute atomic E-state index is 3.82. The van der Waals surface area contributed by atoms with Crippen molar-refractivity contribution in [3.8, 4) is 0 Å². The van der Waals surface area contributed by atoms with E-state index in [1.165, 1.54) is 38.5 Å². The highest BCUT2D eigenvalue weighted by Gasteiger charge is 2.37. The molecule has 0 radical (unpaired) electrons. The van der Waals surface area contributed by atoms with Crippen molar-refractivity contribution in [3.63, 3.8) is 0 Å². The largest absolute Gasteiger partial charge is 0.314 e. The lowest BCUT2D eigenvalue weighted by atomic mass is 9.79. The van der Waals surface area contributed by atoms with Crippen molar-refractivity contribution in [2.45, 2.75) is 142 Å². The van der Waals surface area contributed by atoms with Crippen LogP contribution in [0.15, 0.2) is 0 Å². The van der Waals surface area contributed by atoms with Gasteiger partial charge >= 0.3 is 0 Å². The Balaban J connectivity index is 2.06. The summed E-state index contributed by atoms with van der Waals surface area (Å²) in [5.74, 6) is 0. The molecule has 1 aliphatic rings. The van der Waals surface area contributed by atoms with E-state index in [0.717, 1.165) is 19.5 Å². The quantitative estimate of drug-likeness (QED) is 0.344. The normalized spacial score (nSPS) is 21.2. The zero-order chi connectivity index (χ0) is 21.4. The number of piperidine rings is 1. The topological polar surface area (TPSA) is 48.1 Å². The summed E-state index contributed by atoms with van der Waals surface area (Å²) >= 11 is 0. The van der Waals surface area contributed by atoms with E-state index in [4.69, 9.17) is 0 Å². The molecule has 28 heavy (non-hydrogen) atoms. The summed E-state index contributed by atoms with van der Waals surface area (Å²) in [4.78, 5) is 0. The van der Waals surface area contributed by atoms with Gasteiger partial charge in [0.1, 0.15) is 0 Å². The molecular formula is C24H52N4. The SMILES string of the molecule is CC(C)NC(C)(C)CC(C)NCCCCCCNC1CC(C)(C)NC(C)(C)C1. The van der Waals surface area contributed by atoms with Gasteiger partial charge in [-0.15, -0.1) is 0 Å². The van der Waals surface area contributed by atoms with Gasteiger partial charge < -0.3 is 21.3 Å². The van der Waals surface area contributed by atoms with Crippen LogP contribution in [0.3, 0.4) is 0 Å². The number of hydrogen-bond donors (Lipinski definition) is 4. The van der Waals surface area contributed by atoms with Crippen LogP contribution in [0, 0.1) is 0 Å². The van der Waals surface area contributed by atoms with Gasteiger partial charge in [-0.3, -0.25) is 0 Å². The van der Waals surface area contributed by atoms with E-state index < -0.39 is 0 Å². The van der Waals surface area contributed by atoms with Crippen LogP contribution in [-0.2, 0) is 0 Å². The summed E-state index contributed by atoms with van der Waals surface area (Å²) in [7, 11) is 0. The van der Waals surface area contributed by atoms with E-state index in [1.54, 1.807) is 0 Å². The fraction of sp³-hybridized carbons (Fsp3) is 1.00. The fourth-order valence-corrected chi connectivity index (χ4v) is 5.40. The minimum atomic E-state index is 0.198. The van der Waals surface area contributed by atoms with Gasteiger partial charge in [-0.25, -0.2) is 0 Å². The first-order chi connectivity index (χ1) is 12.8. The molecular weight excluding hydrogens is 344 g/mol. The summed E-state index contributed by atoms with van der Waals surface area (Å²) in [6.07, 6.45) is 8.86.